The van der Waals surface area contributed by atoms with Crippen LogP contribution in [0, 0.1) is 5.92 Å². The molecule has 0 spiro atoms. The Morgan fingerprint density at radius 3 is 2.44 bits per heavy atom. The van der Waals surface area contributed by atoms with Crippen LogP contribution in [0.2, 0.25) is 0 Å². The molecule has 2 aromatic rings. The van der Waals surface area contributed by atoms with Crippen molar-refractivity contribution < 1.29 is 27.5 Å². The molecule has 1 aliphatic carbocycles. The van der Waals surface area contributed by atoms with Gasteiger partial charge in [-0.1, -0.05) is 0 Å². The van der Waals surface area contributed by atoms with Gasteiger partial charge in [-0.05, 0) is 43.0 Å². The van der Waals surface area contributed by atoms with Gasteiger partial charge in [-0.3, -0.25) is 4.79 Å². The Hall–Kier alpha value is -2.65. The number of aromatic carboxylic acids is 1. The molecule has 3 rings (SSSR count). The van der Waals surface area contributed by atoms with E-state index in [-0.39, 0.29) is 16.2 Å². The summed E-state index contributed by atoms with van der Waals surface area (Å²) in [5, 5.41) is 11.3. The molecule has 25 heavy (non-hydrogen) atoms. The lowest BCUT2D eigenvalue weighted by Crippen LogP contribution is -2.25. The number of hydrogen-bond donors (Lipinski definition) is 3. The van der Waals surface area contributed by atoms with Gasteiger partial charge in [0.1, 0.15) is 6.26 Å². The minimum Gasteiger partial charge on any atom is -0.478 e. The van der Waals surface area contributed by atoms with Crippen LogP contribution in [-0.2, 0) is 10.0 Å². The Labute approximate surface area is 143 Å². The van der Waals surface area contributed by atoms with Crippen LogP contribution in [0.25, 0.3) is 0 Å². The number of nitrogens with one attached hydrogen (secondary N) is 2. The maximum Gasteiger partial charge on any atom is 0.338 e. The number of furan rings is 1. The summed E-state index contributed by atoms with van der Waals surface area (Å²) < 4.78 is 31.7. The molecule has 0 atom stereocenters. The molecule has 1 heterocycles. The fourth-order valence-corrected chi connectivity index (χ4v) is 3.23. The van der Waals surface area contributed by atoms with E-state index >= 15 is 0 Å². The highest BCUT2D eigenvalue weighted by molar-refractivity contribution is 7.89. The van der Waals surface area contributed by atoms with Crippen molar-refractivity contribution in [1.82, 2.24) is 4.72 Å². The largest absolute Gasteiger partial charge is 0.478 e. The fourth-order valence-electron chi connectivity index (χ4n) is 2.11. The van der Waals surface area contributed by atoms with Gasteiger partial charge in [0.25, 0.3) is 5.91 Å². The quantitative estimate of drug-likeness (QED) is 0.689. The number of amides is 1. The van der Waals surface area contributed by atoms with E-state index < -0.39 is 21.9 Å². The first-order valence-electron chi connectivity index (χ1n) is 7.58. The second-order valence-electron chi connectivity index (χ2n) is 5.78. The van der Waals surface area contributed by atoms with Crippen LogP contribution in [0.5, 0.6) is 0 Å². The first kappa shape index (κ1) is 17.2. The van der Waals surface area contributed by atoms with E-state index in [0.717, 1.165) is 25.2 Å². The van der Waals surface area contributed by atoms with E-state index in [9.17, 15) is 18.0 Å². The lowest BCUT2D eigenvalue weighted by atomic mass is 10.3. The number of rotatable bonds is 7. The van der Waals surface area contributed by atoms with E-state index in [2.05, 4.69) is 10.0 Å². The van der Waals surface area contributed by atoms with Gasteiger partial charge < -0.3 is 14.8 Å². The number of benzene rings is 1. The molecule has 1 fully saturated rings. The molecule has 132 valence electrons. The second kappa shape index (κ2) is 6.69. The number of carboxylic acid groups (broad SMARTS) is 1. The Balaban J connectivity index is 1.65. The number of carboxylic acids is 1. The molecule has 1 aliphatic rings. The molecule has 0 unspecified atom stereocenters. The third kappa shape index (κ3) is 4.25. The van der Waals surface area contributed by atoms with Crippen LogP contribution in [0.1, 0.15) is 33.8 Å². The lowest BCUT2D eigenvalue weighted by Gasteiger charge is -2.07. The van der Waals surface area contributed by atoms with Crippen LogP contribution in [0.15, 0.2) is 45.9 Å². The normalized spacial score (nSPS) is 14.2. The van der Waals surface area contributed by atoms with Crippen LogP contribution in [0.4, 0.5) is 5.69 Å². The molecule has 1 aromatic carbocycles. The lowest BCUT2D eigenvalue weighted by molar-refractivity contribution is 0.0696. The zero-order valence-electron chi connectivity index (χ0n) is 13.1. The summed E-state index contributed by atoms with van der Waals surface area (Å²) in [5.41, 5.74) is 0.229. The summed E-state index contributed by atoms with van der Waals surface area (Å²) in [5.74, 6) is -1.55. The summed E-state index contributed by atoms with van der Waals surface area (Å²) in [6.07, 6.45) is 3.06. The second-order valence-corrected chi connectivity index (χ2v) is 7.55. The monoisotopic (exact) mass is 364 g/mol. The molecule has 0 bridgehead atoms. The minimum absolute atomic E-state index is 0.109. The molecule has 0 aliphatic heterocycles. The maximum atomic E-state index is 12.1. The number of anilines is 1. The zero-order chi connectivity index (χ0) is 18.0. The van der Waals surface area contributed by atoms with Crippen molar-refractivity contribution in [1.29, 1.82) is 0 Å². The number of sulfonamides is 1. The van der Waals surface area contributed by atoms with E-state index in [1.165, 1.54) is 24.3 Å². The molecule has 1 amide bonds. The Morgan fingerprint density at radius 2 is 1.88 bits per heavy atom. The van der Waals surface area contributed by atoms with Gasteiger partial charge in [-0.25, -0.2) is 17.9 Å². The summed E-state index contributed by atoms with van der Waals surface area (Å²) >= 11 is 0. The van der Waals surface area contributed by atoms with Gasteiger partial charge in [0, 0.05) is 18.3 Å². The van der Waals surface area contributed by atoms with Crippen molar-refractivity contribution in [2.75, 3.05) is 11.9 Å². The highest BCUT2D eigenvalue weighted by atomic mass is 32.2. The Kier molecular flexibility index (Phi) is 4.60. The summed E-state index contributed by atoms with van der Waals surface area (Å²) in [7, 11) is -3.57. The van der Waals surface area contributed by atoms with Gasteiger partial charge in [-0.15, -0.1) is 0 Å². The molecule has 0 saturated heterocycles. The molecule has 9 heteroatoms. The van der Waals surface area contributed by atoms with E-state index in [1.807, 2.05) is 0 Å². The van der Waals surface area contributed by atoms with Crippen molar-refractivity contribution in [2.45, 2.75) is 17.7 Å². The average Bonchev–Trinajstić information content (AvgIpc) is 3.27. The third-order valence-corrected chi connectivity index (χ3v) is 5.19. The zero-order valence-corrected chi connectivity index (χ0v) is 13.9. The van der Waals surface area contributed by atoms with Gasteiger partial charge in [-0.2, -0.15) is 0 Å². The average molecular weight is 364 g/mol. The predicted molar refractivity (Wildman–Crippen MR) is 88.0 cm³/mol. The number of carbonyl (C=O) groups is 2. The van der Waals surface area contributed by atoms with Gasteiger partial charge in [0.2, 0.25) is 10.0 Å². The third-order valence-electron chi connectivity index (χ3n) is 3.75. The standard InChI is InChI=1S/C16H16N2O6S/c19-15(14-7-11(9-24-14)16(20)21)18-12-3-5-13(6-4-12)25(22,23)17-8-10-1-2-10/h3-7,9-10,17H,1-2,8H2,(H,18,19)(H,20,21). The van der Waals surface area contributed by atoms with Gasteiger partial charge >= 0.3 is 5.97 Å². The maximum absolute atomic E-state index is 12.1. The van der Waals surface area contributed by atoms with Crippen molar-refractivity contribution in [3.05, 3.63) is 47.9 Å². The van der Waals surface area contributed by atoms with E-state index in [4.69, 9.17) is 9.52 Å². The molecule has 3 N–H and O–H groups in total. The Bertz CT molecular complexity index is 897. The van der Waals surface area contributed by atoms with Crippen molar-refractivity contribution >= 4 is 27.6 Å². The van der Waals surface area contributed by atoms with Crippen LogP contribution < -0.4 is 10.0 Å². The number of carbonyl (C=O) groups excluding carboxylic acids is 1. The first-order chi connectivity index (χ1) is 11.8. The number of hydrogen-bond acceptors (Lipinski definition) is 5. The van der Waals surface area contributed by atoms with E-state index in [0.29, 0.717) is 18.2 Å². The summed E-state index contributed by atoms with van der Waals surface area (Å²) in [4.78, 5) is 22.9. The summed E-state index contributed by atoms with van der Waals surface area (Å²) in [6.45, 7) is 0.436. The highest BCUT2D eigenvalue weighted by Crippen LogP contribution is 2.28. The fraction of sp³-hybridized carbons (Fsp3) is 0.250. The molecule has 8 nitrogen and oxygen atoms in total. The topological polar surface area (TPSA) is 126 Å². The first-order valence-corrected chi connectivity index (χ1v) is 9.06. The van der Waals surface area contributed by atoms with Gasteiger partial charge in [0.15, 0.2) is 5.76 Å². The minimum atomic E-state index is -3.57. The Morgan fingerprint density at radius 1 is 1.20 bits per heavy atom. The van der Waals surface area contributed by atoms with Gasteiger partial charge in [0.05, 0.1) is 10.5 Å². The van der Waals surface area contributed by atoms with Crippen molar-refractivity contribution in [3.8, 4) is 0 Å². The van der Waals surface area contributed by atoms with E-state index in [1.54, 1.807) is 0 Å². The van der Waals surface area contributed by atoms with Crippen LogP contribution in [-0.4, -0.2) is 31.9 Å². The molecular weight excluding hydrogens is 348 g/mol. The van der Waals surface area contributed by atoms with Crippen LogP contribution in [0.3, 0.4) is 0 Å². The summed E-state index contributed by atoms with van der Waals surface area (Å²) in [6, 6.07) is 6.78. The van der Waals surface area contributed by atoms with Crippen LogP contribution >= 0.6 is 0 Å². The molecule has 0 radical (unpaired) electrons. The molecule has 1 aromatic heterocycles. The van der Waals surface area contributed by atoms with Crippen molar-refractivity contribution in [3.63, 3.8) is 0 Å². The SMILES string of the molecule is O=C(O)c1coc(C(=O)Nc2ccc(S(=O)(=O)NCC3CC3)cc2)c1. The highest BCUT2D eigenvalue weighted by Gasteiger charge is 2.24. The molecule has 1 saturated carbocycles. The van der Waals surface area contributed by atoms with Crippen molar-refractivity contribution in [2.24, 2.45) is 5.92 Å². The smallest absolute Gasteiger partial charge is 0.338 e. The predicted octanol–water partition coefficient (Wildman–Crippen LogP) is 1.92. The molecular formula is C16H16N2O6S.